The zero-order valence-electron chi connectivity index (χ0n) is 17.0. The minimum absolute atomic E-state index is 0.0322. The predicted molar refractivity (Wildman–Crippen MR) is 120 cm³/mol. The first-order valence-corrected chi connectivity index (χ1v) is 10.2. The van der Waals surface area contributed by atoms with Gasteiger partial charge in [0, 0.05) is 17.2 Å². The van der Waals surface area contributed by atoms with Crippen molar-refractivity contribution < 1.29 is 18.3 Å². The van der Waals surface area contributed by atoms with E-state index >= 15 is 0 Å². The van der Waals surface area contributed by atoms with Crippen molar-refractivity contribution in [2.75, 3.05) is 11.9 Å². The molecule has 0 fully saturated rings. The fourth-order valence-corrected chi connectivity index (χ4v) is 3.54. The maximum atomic E-state index is 15.0. The second-order valence-electron chi connectivity index (χ2n) is 6.70. The minimum atomic E-state index is -0.806. The Labute approximate surface area is 201 Å². The number of pyridine rings is 1. The molecule has 2 aromatic carbocycles. The average molecular weight is 501 g/mol. The van der Waals surface area contributed by atoms with Gasteiger partial charge in [0.2, 0.25) is 0 Å². The number of nitrogens with zero attached hydrogens (tertiary/aromatic N) is 5. The van der Waals surface area contributed by atoms with Crippen molar-refractivity contribution in [3.05, 3.63) is 82.2 Å². The van der Waals surface area contributed by atoms with Crippen LogP contribution in [0.15, 0.2) is 55.0 Å². The van der Waals surface area contributed by atoms with Gasteiger partial charge in [-0.1, -0.05) is 23.2 Å². The molecular weight excluding hydrogens is 489 g/mol. The number of aromatic nitrogens is 4. The third-order valence-electron chi connectivity index (χ3n) is 4.52. The minimum Gasteiger partial charge on any atom is -0.478 e. The van der Waals surface area contributed by atoms with Gasteiger partial charge in [0.15, 0.2) is 12.4 Å². The maximum Gasteiger partial charge on any atom is 0.257 e. The highest BCUT2D eigenvalue weighted by Gasteiger charge is 2.19. The van der Waals surface area contributed by atoms with E-state index in [9.17, 15) is 13.6 Å². The van der Waals surface area contributed by atoms with Crippen LogP contribution in [0.2, 0.25) is 10.0 Å². The summed E-state index contributed by atoms with van der Waals surface area (Å²) < 4.78 is 33.8. The molecular formula is C22H12Cl2F2N6O2. The van der Waals surface area contributed by atoms with Crippen LogP contribution in [0.3, 0.4) is 0 Å². The standard InChI is InChI=1S/C22H12Cl2F2N6O2/c23-17-9-15(14-2-1-12(25)7-20(14)34-6-3-27)19(26)10-16(17)22(33)31-13-8-18(24)21(28-11-13)32-29-4-5-30-32/h1-2,4-5,7-11H,6H2,(H,31,33). The Morgan fingerprint density at radius 1 is 1.09 bits per heavy atom. The predicted octanol–water partition coefficient (Wildman–Crippen LogP) is 5.07. The van der Waals surface area contributed by atoms with E-state index < -0.39 is 17.5 Å². The number of rotatable bonds is 6. The lowest BCUT2D eigenvalue weighted by molar-refractivity contribution is 0.102. The third-order valence-corrected chi connectivity index (χ3v) is 5.11. The Bertz CT molecular complexity index is 1420. The van der Waals surface area contributed by atoms with Crippen LogP contribution in [0.1, 0.15) is 10.4 Å². The summed E-state index contributed by atoms with van der Waals surface area (Å²) in [6, 6.07) is 8.79. The Balaban J connectivity index is 1.61. The van der Waals surface area contributed by atoms with E-state index in [4.69, 9.17) is 33.2 Å². The molecule has 4 rings (SSSR count). The van der Waals surface area contributed by atoms with E-state index in [1.54, 1.807) is 6.07 Å². The molecule has 4 aromatic rings. The molecule has 0 spiro atoms. The van der Waals surface area contributed by atoms with Crippen LogP contribution in [0.25, 0.3) is 16.9 Å². The molecule has 0 unspecified atom stereocenters. The fourth-order valence-electron chi connectivity index (χ4n) is 3.05. The number of amides is 1. The van der Waals surface area contributed by atoms with Gasteiger partial charge >= 0.3 is 0 Å². The van der Waals surface area contributed by atoms with Gasteiger partial charge in [-0.25, -0.2) is 13.8 Å². The van der Waals surface area contributed by atoms with E-state index in [1.165, 1.54) is 41.6 Å². The summed E-state index contributed by atoms with van der Waals surface area (Å²) in [7, 11) is 0. The summed E-state index contributed by atoms with van der Waals surface area (Å²) >= 11 is 12.5. The average Bonchev–Trinajstić information content (AvgIpc) is 3.34. The Morgan fingerprint density at radius 2 is 1.85 bits per heavy atom. The summed E-state index contributed by atoms with van der Waals surface area (Å²) in [6.07, 6.45) is 4.25. The SMILES string of the molecule is N#CCOc1cc(F)ccc1-c1cc(Cl)c(C(=O)Nc2cnc(-n3nccn3)c(Cl)c2)cc1F. The molecule has 2 aromatic heterocycles. The molecule has 0 radical (unpaired) electrons. The number of carbonyl (C=O) groups excluding carboxylic acids is 1. The van der Waals surface area contributed by atoms with Gasteiger partial charge in [-0.2, -0.15) is 15.5 Å². The summed E-state index contributed by atoms with van der Waals surface area (Å²) in [5.74, 6) is -1.92. The van der Waals surface area contributed by atoms with Crippen molar-refractivity contribution in [3.63, 3.8) is 0 Å². The number of hydrogen-bond donors (Lipinski definition) is 1. The molecule has 12 heteroatoms. The van der Waals surface area contributed by atoms with Gasteiger partial charge in [-0.3, -0.25) is 4.79 Å². The monoisotopic (exact) mass is 500 g/mol. The molecule has 0 saturated carbocycles. The van der Waals surface area contributed by atoms with Crippen molar-refractivity contribution in [1.29, 1.82) is 5.26 Å². The summed E-state index contributed by atoms with van der Waals surface area (Å²) in [5, 5.41) is 19.2. The van der Waals surface area contributed by atoms with E-state index in [-0.39, 0.29) is 50.6 Å². The molecule has 0 saturated heterocycles. The normalized spacial score (nSPS) is 10.6. The Hall–Kier alpha value is -4.07. The molecule has 0 bridgehead atoms. The van der Waals surface area contributed by atoms with Crippen LogP contribution >= 0.6 is 23.2 Å². The largest absolute Gasteiger partial charge is 0.478 e. The van der Waals surface area contributed by atoms with Crippen LogP contribution < -0.4 is 10.1 Å². The molecule has 2 heterocycles. The van der Waals surface area contributed by atoms with Gasteiger partial charge in [0.1, 0.15) is 23.5 Å². The topological polar surface area (TPSA) is 106 Å². The number of carbonyl (C=O) groups is 1. The van der Waals surface area contributed by atoms with Crippen molar-refractivity contribution in [1.82, 2.24) is 20.0 Å². The number of ether oxygens (including phenoxy) is 1. The summed E-state index contributed by atoms with van der Waals surface area (Å²) in [6.45, 7) is -0.363. The molecule has 1 amide bonds. The van der Waals surface area contributed by atoms with Gasteiger partial charge in [0.05, 0.1) is 39.9 Å². The summed E-state index contributed by atoms with van der Waals surface area (Å²) in [4.78, 5) is 18.1. The molecule has 8 nitrogen and oxygen atoms in total. The molecule has 34 heavy (non-hydrogen) atoms. The van der Waals surface area contributed by atoms with Crippen molar-refractivity contribution >= 4 is 34.8 Å². The second-order valence-corrected chi connectivity index (χ2v) is 7.52. The highest BCUT2D eigenvalue weighted by molar-refractivity contribution is 6.35. The van der Waals surface area contributed by atoms with E-state index in [1.807, 2.05) is 0 Å². The lowest BCUT2D eigenvalue weighted by Gasteiger charge is -2.13. The number of hydrogen-bond acceptors (Lipinski definition) is 6. The molecule has 0 aliphatic carbocycles. The fraction of sp³-hybridized carbons (Fsp3) is 0.0455. The van der Waals surface area contributed by atoms with Gasteiger partial charge in [-0.15, -0.1) is 4.80 Å². The van der Waals surface area contributed by atoms with E-state index in [2.05, 4.69) is 20.5 Å². The lowest BCUT2D eigenvalue weighted by Crippen LogP contribution is -2.14. The quantitative estimate of drug-likeness (QED) is 0.396. The smallest absolute Gasteiger partial charge is 0.257 e. The van der Waals surface area contributed by atoms with Crippen LogP contribution in [-0.2, 0) is 0 Å². The molecule has 0 aliphatic heterocycles. The zero-order chi connectivity index (χ0) is 24.2. The maximum absolute atomic E-state index is 15.0. The highest BCUT2D eigenvalue weighted by atomic mass is 35.5. The summed E-state index contributed by atoms with van der Waals surface area (Å²) in [5.41, 5.74) is 0.215. The van der Waals surface area contributed by atoms with Gasteiger partial charge in [-0.05, 0) is 30.3 Å². The highest BCUT2D eigenvalue weighted by Crippen LogP contribution is 2.35. The van der Waals surface area contributed by atoms with Crippen molar-refractivity contribution in [3.8, 4) is 28.8 Å². The molecule has 0 aliphatic rings. The number of anilines is 1. The van der Waals surface area contributed by atoms with Crippen LogP contribution in [0.4, 0.5) is 14.5 Å². The number of nitriles is 1. The lowest BCUT2D eigenvalue weighted by atomic mass is 10.0. The number of halogens is 4. The second kappa shape index (κ2) is 9.82. The van der Waals surface area contributed by atoms with E-state index in [0.717, 1.165) is 18.2 Å². The van der Waals surface area contributed by atoms with E-state index in [0.29, 0.717) is 0 Å². The zero-order valence-corrected chi connectivity index (χ0v) is 18.5. The van der Waals surface area contributed by atoms with Crippen LogP contribution in [-0.4, -0.2) is 32.5 Å². The Kier molecular flexibility index (Phi) is 6.67. The molecule has 1 N–H and O–H groups in total. The van der Waals surface area contributed by atoms with Crippen LogP contribution in [0, 0.1) is 23.0 Å². The van der Waals surface area contributed by atoms with Crippen molar-refractivity contribution in [2.24, 2.45) is 0 Å². The van der Waals surface area contributed by atoms with Crippen molar-refractivity contribution in [2.45, 2.75) is 0 Å². The van der Waals surface area contributed by atoms with Gasteiger partial charge in [0.25, 0.3) is 5.91 Å². The number of nitrogens with one attached hydrogen (secondary N) is 1. The Morgan fingerprint density at radius 3 is 2.56 bits per heavy atom. The third kappa shape index (κ3) is 4.80. The molecule has 170 valence electrons. The first-order valence-electron chi connectivity index (χ1n) is 9.49. The van der Waals surface area contributed by atoms with Gasteiger partial charge < -0.3 is 10.1 Å². The first-order chi connectivity index (χ1) is 16.4. The van der Waals surface area contributed by atoms with Crippen LogP contribution in [0.5, 0.6) is 5.75 Å². The first kappa shape index (κ1) is 23.1. The number of benzene rings is 2. The molecule has 0 atom stereocenters.